The van der Waals surface area contributed by atoms with E-state index in [1.165, 1.54) is 6.20 Å². The molecule has 8 heteroatoms. The summed E-state index contributed by atoms with van der Waals surface area (Å²) in [6.07, 6.45) is 3.13. The average Bonchev–Trinajstić information content (AvgIpc) is 3.43. The lowest BCUT2D eigenvalue weighted by molar-refractivity contribution is 0.0949. The Labute approximate surface area is 160 Å². The van der Waals surface area contributed by atoms with Gasteiger partial charge >= 0.3 is 0 Å². The molecule has 8 nitrogen and oxygen atoms in total. The first-order valence-electron chi connectivity index (χ1n) is 8.59. The fourth-order valence-corrected chi connectivity index (χ4v) is 2.68. The number of hydrogen-bond donors (Lipinski definition) is 1. The van der Waals surface area contributed by atoms with Gasteiger partial charge in [-0.1, -0.05) is 35.5 Å². The van der Waals surface area contributed by atoms with Crippen molar-refractivity contribution in [2.75, 3.05) is 7.11 Å². The summed E-state index contributed by atoms with van der Waals surface area (Å²) in [6, 6.07) is 16.9. The molecule has 2 aromatic heterocycles. The average molecular weight is 375 g/mol. The van der Waals surface area contributed by atoms with Crippen LogP contribution in [-0.2, 0) is 6.54 Å². The number of benzene rings is 2. The molecule has 2 heterocycles. The Morgan fingerprint density at radius 3 is 2.75 bits per heavy atom. The Hall–Kier alpha value is -3.94. The number of nitrogens with zero attached hydrogens (tertiary/aromatic N) is 4. The minimum Gasteiger partial charge on any atom is -0.494 e. The molecule has 0 radical (unpaired) electrons. The van der Waals surface area contributed by atoms with Gasteiger partial charge in [0.2, 0.25) is 0 Å². The molecule has 1 N–H and O–H groups in total. The third-order valence-electron chi connectivity index (χ3n) is 4.07. The standard InChI is InChI=1S/C20H17N5O3/c1-27-17-10-6-5-9-16(17)25-13-15(11-22-25)19(26)21-12-18-23-20(28-24-18)14-7-3-2-4-8-14/h2-11,13H,12H2,1H3,(H,21,26). The van der Waals surface area contributed by atoms with Crippen molar-refractivity contribution in [3.8, 4) is 22.9 Å². The number of amides is 1. The van der Waals surface area contributed by atoms with Gasteiger partial charge in [0.05, 0.1) is 25.4 Å². The topological polar surface area (TPSA) is 95.1 Å². The van der Waals surface area contributed by atoms with Crippen LogP contribution in [0.3, 0.4) is 0 Å². The van der Waals surface area contributed by atoms with Gasteiger partial charge in [0.15, 0.2) is 5.82 Å². The lowest BCUT2D eigenvalue weighted by Gasteiger charge is -2.07. The van der Waals surface area contributed by atoms with Crippen LogP contribution in [0, 0.1) is 0 Å². The van der Waals surface area contributed by atoms with Crippen molar-refractivity contribution in [3.05, 3.63) is 78.4 Å². The number of carbonyl (C=O) groups is 1. The second kappa shape index (κ2) is 7.75. The van der Waals surface area contributed by atoms with Gasteiger partial charge in [-0.15, -0.1) is 0 Å². The van der Waals surface area contributed by atoms with Crippen molar-refractivity contribution in [3.63, 3.8) is 0 Å². The van der Waals surface area contributed by atoms with Crippen molar-refractivity contribution in [1.29, 1.82) is 0 Å². The number of hydrogen-bond acceptors (Lipinski definition) is 6. The summed E-state index contributed by atoms with van der Waals surface area (Å²) in [5.41, 5.74) is 1.98. The number of aromatic nitrogens is 4. The van der Waals surface area contributed by atoms with Gasteiger partial charge in [-0.3, -0.25) is 4.79 Å². The predicted molar refractivity (Wildman–Crippen MR) is 101 cm³/mol. The molecule has 2 aromatic carbocycles. The molecular weight excluding hydrogens is 358 g/mol. The second-order valence-electron chi connectivity index (χ2n) is 5.91. The van der Waals surface area contributed by atoms with E-state index in [-0.39, 0.29) is 12.5 Å². The summed E-state index contributed by atoms with van der Waals surface area (Å²) < 4.78 is 12.2. The molecule has 28 heavy (non-hydrogen) atoms. The predicted octanol–water partition coefficient (Wildman–Crippen LogP) is 2.86. The Balaban J connectivity index is 1.43. The zero-order valence-electron chi connectivity index (χ0n) is 15.1. The van der Waals surface area contributed by atoms with Gasteiger partial charge in [0, 0.05) is 11.8 Å². The maximum absolute atomic E-state index is 12.4. The number of ether oxygens (including phenoxy) is 1. The fraction of sp³-hybridized carbons (Fsp3) is 0.100. The van der Waals surface area contributed by atoms with Crippen molar-refractivity contribution in [2.24, 2.45) is 0 Å². The summed E-state index contributed by atoms with van der Waals surface area (Å²) in [7, 11) is 1.59. The molecule has 140 valence electrons. The highest BCUT2D eigenvalue weighted by atomic mass is 16.5. The van der Waals surface area contributed by atoms with Crippen molar-refractivity contribution >= 4 is 5.91 Å². The maximum Gasteiger partial charge on any atom is 0.257 e. The molecule has 4 rings (SSSR count). The molecule has 0 bridgehead atoms. The Morgan fingerprint density at radius 2 is 1.93 bits per heavy atom. The van der Waals surface area contributed by atoms with Gasteiger partial charge in [0.1, 0.15) is 11.4 Å². The number of para-hydroxylation sites is 2. The first-order valence-corrected chi connectivity index (χ1v) is 8.59. The molecule has 0 spiro atoms. The van der Waals surface area contributed by atoms with Crippen LogP contribution in [0.15, 0.2) is 71.5 Å². The van der Waals surface area contributed by atoms with Gasteiger partial charge in [0.25, 0.3) is 11.8 Å². The summed E-state index contributed by atoms with van der Waals surface area (Å²) in [6.45, 7) is 0.148. The van der Waals surface area contributed by atoms with E-state index < -0.39 is 0 Å². The quantitative estimate of drug-likeness (QED) is 0.557. The van der Waals surface area contributed by atoms with Crippen molar-refractivity contribution in [1.82, 2.24) is 25.2 Å². The summed E-state index contributed by atoms with van der Waals surface area (Å²) in [4.78, 5) is 16.7. The fourth-order valence-electron chi connectivity index (χ4n) is 2.68. The Kier molecular flexibility index (Phi) is 4.83. The molecule has 0 atom stereocenters. The number of methoxy groups -OCH3 is 1. The summed E-state index contributed by atoms with van der Waals surface area (Å²) in [5, 5.41) is 10.9. The van der Waals surface area contributed by atoms with Crippen LogP contribution in [0.25, 0.3) is 17.1 Å². The third-order valence-corrected chi connectivity index (χ3v) is 4.07. The molecule has 1 amide bonds. The lowest BCUT2D eigenvalue weighted by Crippen LogP contribution is -2.23. The molecular formula is C20H17N5O3. The van der Waals surface area contributed by atoms with Crippen molar-refractivity contribution < 1.29 is 14.1 Å². The van der Waals surface area contributed by atoms with E-state index in [1.54, 1.807) is 18.0 Å². The van der Waals surface area contributed by atoms with Crippen LogP contribution in [0.4, 0.5) is 0 Å². The van der Waals surface area contributed by atoms with E-state index in [2.05, 4.69) is 20.6 Å². The van der Waals surface area contributed by atoms with Crippen LogP contribution < -0.4 is 10.1 Å². The molecule has 0 aliphatic rings. The minimum absolute atomic E-state index is 0.148. The summed E-state index contributed by atoms with van der Waals surface area (Å²) in [5.74, 6) is 1.18. The highest BCUT2D eigenvalue weighted by Crippen LogP contribution is 2.21. The molecule has 0 saturated carbocycles. The van der Waals surface area contributed by atoms with E-state index in [0.29, 0.717) is 23.0 Å². The third kappa shape index (κ3) is 3.61. The Bertz CT molecular complexity index is 1090. The molecule has 0 saturated heterocycles. The Morgan fingerprint density at radius 1 is 1.14 bits per heavy atom. The molecule has 4 aromatic rings. The van der Waals surface area contributed by atoms with Gasteiger partial charge in [-0.25, -0.2) is 4.68 Å². The molecule has 0 aliphatic heterocycles. The van der Waals surface area contributed by atoms with E-state index >= 15 is 0 Å². The number of rotatable bonds is 6. The zero-order valence-corrected chi connectivity index (χ0v) is 15.1. The summed E-state index contributed by atoms with van der Waals surface area (Å²) >= 11 is 0. The van der Waals surface area contributed by atoms with Crippen molar-refractivity contribution in [2.45, 2.75) is 6.54 Å². The smallest absolute Gasteiger partial charge is 0.257 e. The van der Waals surface area contributed by atoms with E-state index in [0.717, 1.165) is 11.3 Å². The van der Waals surface area contributed by atoms with E-state index in [9.17, 15) is 4.79 Å². The molecule has 0 aliphatic carbocycles. The SMILES string of the molecule is COc1ccccc1-n1cc(C(=O)NCc2noc(-c3ccccc3)n2)cn1. The zero-order chi connectivity index (χ0) is 19.3. The van der Waals surface area contributed by atoms with Crippen LogP contribution >= 0.6 is 0 Å². The number of nitrogens with one attached hydrogen (secondary N) is 1. The molecule has 0 fully saturated rings. The lowest BCUT2D eigenvalue weighted by atomic mass is 10.2. The van der Waals surface area contributed by atoms with E-state index in [1.807, 2.05) is 54.6 Å². The van der Waals surface area contributed by atoms with Gasteiger partial charge in [-0.05, 0) is 24.3 Å². The monoisotopic (exact) mass is 375 g/mol. The molecule has 0 unspecified atom stereocenters. The first-order chi connectivity index (χ1) is 13.7. The van der Waals surface area contributed by atoms with Crippen LogP contribution in [0.5, 0.6) is 5.75 Å². The van der Waals surface area contributed by atoms with Crippen LogP contribution in [0.1, 0.15) is 16.2 Å². The van der Waals surface area contributed by atoms with Gasteiger partial charge in [-0.2, -0.15) is 10.1 Å². The van der Waals surface area contributed by atoms with Crippen LogP contribution in [0.2, 0.25) is 0 Å². The normalized spacial score (nSPS) is 10.6. The van der Waals surface area contributed by atoms with Gasteiger partial charge < -0.3 is 14.6 Å². The second-order valence-corrected chi connectivity index (χ2v) is 5.91. The highest BCUT2D eigenvalue weighted by molar-refractivity contribution is 5.93. The largest absolute Gasteiger partial charge is 0.494 e. The first kappa shape index (κ1) is 17.5. The highest BCUT2D eigenvalue weighted by Gasteiger charge is 2.13. The van der Waals surface area contributed by atoms with E-state index in [4.69, 9.17) is 9.26 Å². The minimum atomic E-state index is -0.285. The number of carbonyl (C=O) groups excluding carboxylic acids is 1. The van der Waals surface area contributed by atoms with Crippen LogP contribution in [-0.4, -0.2) is 32.9 Å². The maximum atomic E-state index is 12.4.